The maximum Gasteiger partial charge on any atom is 0.259 e. The molecule has 3 rings (SSSR count). The second-order valence-corrected chi connectivity index (χ2v) is 6.03. The van der Waals surface area contributed by atoms with Gasteiger partial charge in [0.25, 0.3) is 5.91 Å². The fraction of sp³-hybridized carbons (Fsp3) is 0.0952. The van der Waals surface area contributed by atoms with Crippen LogP contribution >= 0.6 is 11.6 Å². The van der Waals surface area contributed by atoms with Crippen molar-refractivity contribution in [3.63, 3.8) is 0 Å². The summed E-state index contributed by atoms with van der Waals surface area (Å²) in [5, 5.41) is 3.31. The Morgan fingerprint density at radius 3 is 2.42 bits per heavy atom. The Balaban J connectivity index is 1.76. The molecule has 0 fully saturated rings. The first-order chi connectivity index (χ1) is 12.7. The van der Waals surface area contributed by atoms with Gasteiger partial charge in [-0.2, -0.15) is 0 Å². The molecule has 0 saturated heterocycles. The minimum Gasteiger partial charge on any atom is -0.497 e. The molecule has 0 saturated carbocycles. The van der Waals surface area contributed by atoms with Crippen LogP contribution in [0.25, 0.3) is 0 Å². The fourth-order valence-corrected chi connectivity index (χ4v) is 2.59. The first-order valence-electron chi connectivity index (χ1n) is 8.07. The largest absolute Gasteiger partial charge is 0.497 e. The highest BCUT2D eigenvalue weighted by atomic mass is 35.5. The predicted octanol–water partition coefficient (Wildman–Crippen LogP) is 5.18. The molecule has 3 aromatic rings. The lowest BCUT2D eigenvalue weighted by atomic mass is 10.1. The SMILES string of the molecule is COc1ccc(NC(=O)c2cc(Cl)ccc2OCc2ccccc2)cc1. The lowest BCUT2D eigenvalue weighted by Crippen LogP contribution is -2.13. The van der Waals surface area contributed by atoms with Crippen LogP contribution in [-0.4, -0.2) is 13.0 Å². The van der Waals surface area contributed by atoms with Crippen molar-refractivity contribution in [3.05, 3.63) is 88.9 Å². The quantitative estimate of drug-likeness (QED) is 0.653. The summed E-state index contributed by atoms with van der Waals surface area (Å²) in [6.45, 7) is 0.366. The van der Waals surface area contributed by atoms with Gasteiger partial charge in [-0.3, -0.25) is 4.79 Å². The van der Waals surface area contributed by atoms with Gasteiger partial charge in [-0.05, 0) is 48.0 Å². The Kier molecular flexibility index (Phi) is 5.77. The summed E-state index contributed by atoms with van der Waals surface area (Å²) in [6, 6.07) is 21.9. The molecule has 0 radical (unpaired) electrons. The van der Waals surface area contributed by atoms with Crippen molar-refractivity contribution in [3.8, 4) is 11.5 Å². The topological polar surface area (TPSA) is 47.6 Å². The smallest absolute Gasteiger partial charge is 0.259 e. The molecule has 1 N–H and O–H groups in total. The third-order valence-corrected chi connectivity index (χ3v) is 4.01. The number of hydrogen-bond donors (Lipinski definition) is 1. The van der Waals surface area contributed by atoms with Crippen molar-refractivity contribution in [1.82, 2.24) is 0 Å². The second kappa shape index (κ2) is 8.41. The van der Waals surface area contributed by atoms with Gasteiger partial charge in [0.05, 0.1) is 12.7 Å². The lowest BCUT2D eigenvalue weighted by Gasteiger charge is -2.13. The molecule has 3 aromatic carbocycles. The molecular formula is C21H18ClNO3. The summed E-state index contributed by atoms with van der Waals surface area (Å²) in [5.74, 6) is 0.905. The summed E-state index contributed by atoms with van der Waals surface area (Å²) in [5.41, 5.74) is 2.05. The van der Waals surface area contributed by atoms with Crippen LogP contribution in [0.4, 0.5) is 5.69 Å². The minimum absolute atomic E-state index is 0.291. The van der Waals surface area contributed by atoms with Crippen molar-refractivity contribution in [2.24, 2.45) is 0 Å². The molecular weight excluding hydrogens is 350 g/mol. The summed E-state index contributed by atoms with van der Waals surface area (Å²) < 4.78 is 11.0. The molecule has 0 aromatic heterocycles. The van der Waals surface area contributed by atoms with E-state index in [0.29, 0.717) is 28.6 Å². The monoisotopic (exact) mass is 367 g/mol. The number of rotatable bonds is 6. The van der Waals surface area contributed by atoms with E-state index in [2.05, 4.69) is 5.32 Å². The molecule has 0 unspecified atom stereocenters. The number of ether oxygens (including phenoxy) is 2. The first kappa shape index (κ1) is 17.8. The zero-order chi connectivity index (χ0) is 18.4. The van der Waals surface area contributed by atoms with Crippen molar-refractivity contribution in [2.45, 2.75) is 6.61 Å². The average Bonchev–Trinajstić information content (AvgIpc) is 2.68. The van der Waals surface area contributed by atoms with Crippen molar-refractivity contribution in [2.75, 3.05) is 12.4 Å². The highest BCUT2D eigenvalue weighted by Crippen LogP contribution is 2.25. The van der Waals surface area contributed by atoms with Gasteiger partial charge >= 0.3 is 0 Å². The van der Waals surface area contributed by atoms with Crippen molar-refractivity contribution < 1.29 is 14.3 Å². The zero-order valence-electron chi connectivity index (χ0n) is 14.2. The standard InChI is InChI=1S/C21H18ClNO3/c1-25-18-10-8-17(9-11-18)23-21(24)19-13-16(22)7-12-20(19)26-14-15-5-3-2-4-6-15/h2-13H,14H2,1H3,(H,23,24). The van der Waals surface area contributed by atoms with Gasteiger partial charge in [-0.1, -0.05) is 41.9 Å². The van der Waals surface area contributed by atoms with Crippen molar-refractivity contribution >= 4 is 23.2 Å². The second-order valence-electron chi connectivity index (χ2n) is 5.60. The molecule has 1 amide bonds. The molecule has 26 heavy (non-hydrogen) atoms. The third-order valence-electron chi connectivity index (χ3n) is 3.77. The van der Waals surface area contributed by atoms with E-state index in [0.717, 1.165) is 11.3 Å². The Bertz CT molecular complexity index is 880. The van der Waals surface area contributed by atoms with Crippen LogP contribution in [0.3, 0.4) is 0 Å². The molecule has 5 heteroatoms. The summed E-state index contributed by atoms with van der Waals surface area (Å²) in [7, 11) is 1.59. The summed E-state index contributed by atoms with van der Waals surface area (Å²) in [6.07, 6.45) is 0. The van der Waals surface area contributed by atoms with Gasteiger partial charge in [-0.25, -0.2) is 0 Å². The maximum absolute atomic E-state index is 12.7. The van der Waals surface area contributed by atoms with Gasteiger partial charge in [-0.15, -0.1) is 0 Å². The number of amides is 1. The maximum atomic E-state index is 12.7. The molecule has 0 spiro atoms. The molecule has 0 aliphatic rings. The van der Waals surface area contributed by atoms with E-state index in [1.807, 2.05) is 30.3 Å². The molecule has 132 valence electrons. The Labute approximate surface area is 157 Å². The highest BCUT2D eigenvalue weighted by Gasteiger charge is 2.14. The number of carbonyl (C=O) groups excluding carboxylic acids is 1. The number of hydrogen-bond acceptors (Lipinski definition) is 3. The first-order valence-corrected chi connectivity index (χ1v) is 8.45. The van der Waals surface area contributed by atoms with Crippen LogP contribution in [-0.2, 0) is 6.61 Å². The molecule has 0 aliphatic carbocycles. The molecule has 0 bridgehead atoms. The zero-order valence-corrected chi connectivity index (χ0v) is 15.0. The van der Waals surface area contributed by atoms with E-state index in [9.17, 15) is 4.79 Å². The Morgan fingerprint density at radius 1 is 1.00 bits per heavy atom. The predicted molar refractivity (Wildman–Crippen MR) is 103 cm³/mol. The van der Waals surface area contributed by atoms with E-state index in [4.69, 9.17) is 21.1 Å². The number of halogens is 1. The van der Waals surface area contributed by atoms with Gasteiger partial charge in [0.1, 0.15) is 18.1 Å². The number of benzene rings is 3. The number of methoxy groups -OCH3 is 1. The molecule has 0 atom stereocenters. The van der Waals surface area contributed by atoms with Crippen LogP contribution < -0.4 is 14.8 Å². The number of nitrogens with one attached hydrogen (secondary N) is 1. The van der Waals surface area contributed by atoms with Crippen LogP contribution in [0.15, 0.2) is 72.8 Å². The summed E-state index contributed by atoms with van der Waals surface area (Å²) in [4.78, 5) is 12.7. The Hall–Kier alpha value is -2.98. The average molecular weight is 368 g/mol. The van der Waals surface area contributed by atoms with E-state index < -0.39 is 0 Å². The Morgan fingerprint density at radius 2 is 1.73 bits per heavy atom. The van der Waals surface area contributed by atoms with E-state index >= 15 is 0 Å². The van der Waals surface area contributed by atoms with Crippen LogP contribution in [0.5, 0.6) is 11.5 Å². The minimum atomic E-state index is -0.291. The molecule has 4 nitrogen and oxygen atoms in total. The van der Waals surface area contributed by atoms with Gasteiger partial charge in [0.15, 0.2) is 0 Å². The van der Waals surface area contributed by atoms with Gasteiger partial charge < -0.3 is 14.8 Å². The highest BCUT2D eigenvalue weighted by molar-refractivity contribution is 6.31. The van der Waals surface area contributed by atoms with Crippen molar-refractivity contribution in [1.29, 1.82) is 0 Å². The van der Waals surface area contributed by atoms with Crippen LogP contribution in [0.2, 0.25) is 5.02 Å². The van der Waals surface area contributed by atoms with E-state index in [1.54, 1.807) is 49.6 Å². The fourth-order valence-electron chi connectivity index (χ4n) is 2.41. The summed E-state index contributed by atoms with van der Waals surface area (Å²) >= 11 is 6.07. The van der Waals surface area contributed by atoms with E-state index in [-0.39, 0.29) is 5.91 Å². The normalized spacial score (nSPS) is 10.2. The lowest BCUT2D eigenvalue weighted by molar-refractivity contribution is 0.102. The van der Waals surface area contributed by atoms with Crippen LogP contribution in [0, 0.1) is 0 Å². The van der Waals surface area contributed by atoms with Gasteiger partial charge in [0, 0.05) is 10.7 Å². The third kappa shape index (κ3) is 4.55. The van der Waals surface area contributed by atoms with E-state index in [1.165, 1.54) is 0 Å². The molecule has 0 aliphatic heterocycles. The number of anilines is 1. The van der Waals surface area contributed by atoms with Gasteiger partial charge in [0.2, 0.25) is 0 Å². The number of carbonyl (C=O) groups is 1. The molecule has 0 heterocycles. The van der Waals surface area contributed by atoms with Crippen LogP contribution in [0.1, 0.15) is 15.9 Å².